The summed E-state index contributed by atoms with van der Waals surface area (Å²) in [6.45, 7) is 0. The predicted molar refractivity (Wildman–Crippen MR) is 95.3 cm³/mol. The molecule has 1 heterocycles. The second-order valence-electron chi connectivity index (χ2n) is 5.43. The minimum absolute atomic E-state index is 0.258. The first kappa shape index (κ1) is 17.3. The van der Waals surface area contributed by atoms with E-state index in [1.54, 1.807) is 6.07 Å². The molecule has 0 aliphatic carbocycles. The lowest BCUT2D eigenvalue weighted by atomic mass is 9.95. The third-order valence-electron chi connectivity index (χ3n) is 3.86. The summed E-state index contributed by atoms with van der Waals surface area (Å²) in [6, 6.07) is 14.9. The molecule has 2 aromatic carbocycles. The molecule has 0 aliphatic rings. The highest BCUT2D eigenvalue weighted by Crippen LogP contribution is 2.41. The van der Waals surface area contributed by atoms with Crippen LogP contribution in [0.4, 0.5) is 8.78 Å². The monoisotopic (exact) mass is 405 g/mol. The molecular weight excluding hydrogens is 392 g/mol. The Labute approximate surface area is 151 Å². The van der Waals surface area contributed by atoms with Gasteiger partial charge < -0.3 is 5.73 Å². The summed E-state index contributed by atoms with van der Waals surface area (Å²) in [5.74, 6) is -0.937. The average Bonchev–Trinajstić information content (AvgIpc) is 2.93. The van der Waals surface area contributed by atoms with Gasteiger partial charge in [0.05, 0.1) is 11.3 Å². The first-order chi connectivity index (χ1) is 11.9. The topological polar surface area (TPSA) is 60.9 Å². The van der Waals surface area contributed by atoms with Crippen LogP contribution in [0.2, 0.25) is 0 Å². The zero-order valence-corrected chi connectivity index (χ0v) is 14.8. The lowest BCUT2D eigenvalue weighted by molar-refractivity contribution is 0.0985. The molecule has 0 bridgehead atoms. The van der Waals surface area contributed by atoms with Gasteiger partial charge >= 0.3 is 0 Å². The zero-order valence-electron chi connectivity index (χ0n) is 13.2. The highest BCUT2D eigenvalue weighted by Gasteiger charge is 2.29. The van der Waals surface area contributed by atoms with Gasteiger partial charge in [-0.25, -0.2) is 8.78 Å². The third-order valence-corrected chi connectivity index (χ3v) is 4.52. The number of nitrogens with zero attached hydrogens (tertiary/aromatic N) is 2. The molecule has 0 saturated heterocycles. The molecule has 0 unspecified atom stereocenters. The molecular formula is C18H14BrF2N3O. The van der Waals surface area contributed by atoms with E-state index < -0.39 is 18.0 Å². The lowest BCUT2D eigenvalue weighted by Crippen LogP contribution is -2.14. The zero-order chi connectivity index (χ0) is 18.1. The number of amides is 1. The van der Waals surface area contributed by atoms with Crippen molar-refractivity contribution in [2.45, 2.75) is 6.43 Å². The van der Waals surface area contributed by atoms with Crippen molar-refractivity contribution >= 4 is 21.8 Å². The van der Waals surface area contributed by atoms with Crippen LogP contribution in [-0.4, -0.2) is 15.7 Å². The van der Waals surface area contributed by atoms with E-state index >= 15 is 0 Å². The number of halogens is 3. The van der Waals surface area contributed by atoms with Crippen LogP contribution in [0.3, 0.4) is 0 Å². The summed E-state index contributed by atoms with van der Waals surface area (Å²) >= 11 is 3.46. The van der Waals surface area contributed by atoms with Crippen LogP contribution < -0.4 is 5.73 Å². The summed E-state index contributed by atoms with van der Waals surface area (Å²) in [7, 11) is 1.52. The van der Waals surface area contributed by atoms with Gasteiger partial charge in [0, 0.05) is 17.1 Å². The Bertz CT molecular complexity index is 939. The molecule has 2 N–H and O–H groups in total. The van der Waals surface area contributed by atoms with E-state index in [-0.39, 0.29) is 11.3 Å². The Morgan fingerprint density at radius 3 is 2.44 bits per heavy atom. The Morgan fingerprint density at radius 2 is 1.84 bits per heavy atom. The molecule has 0 spiro atoms. The number of hydrogen-bond acceptors (Lipinski definition) is 2. The molecule has 4 nitrogen and oxygen atoms in total. The molecule has 128 valence electrons. The normalized spacial score (nSPS) is 11.1. The quantitative estimate of drug-likeness (QED) is 0.691. The number of nitrogens with two attached hydrogens (primary N) is 1. The fourth-order valence-corrected chi connectivity index (χ4v) is 3.40. The molecule has 3 rings (SSSR count). The maximum Gasteiger partial charge on any atom is 0.282 e. The summed E-state index contributed by atoms with van der Waals surface area (Å²) in [5.41, 5.74) is 7.04. The van der Waals surface area contributed by atoms with Gasteiger partial charge in [0.1, 0.15) is 5.69 Å². The van der Waals surface area contributed by atoms with E-state index in [2.05, 4.69) is 21.0 Å². The summed E-state index contributed by atoms with van der Waals surface area (Å²) in [4.78, 5) is 11.9. The molecule has 25 heavy (non-hydrogen) atoms. The van der Waals surface area contributed by atoms with Crippen molar-refractivity contribution < 1.29 is 13.6 Å². The van der Waals surface area contributed by atoms with Crippen molar-refractivity contribution in [3.05, 3.63) is 64.3 Å². The number of carbonyl (C=O) groups excluding carboxylic acids is 1. The molecule has 0 aliphatic heterocycles. The number of primary amides is 1. The molecule has 0 saturated carbocycles. The van der Waals surface area contributed by atoms with Gasteiger partial charge in [-0.3, -0.25) is 9.48 Å². The van der Waals surface area contributed by atoms with Crippen molar-refractivity contribution in [2.75, 3.05) is 0 Å². The largest absolute Gasteiger partial charge is 0.365 e. The van der Waals surface area contributed by atoms with E-state index in [4.69, 9.17) is 5.73 Å². The summed E-state index contributed by atoms with van der Waals surface area (Å²) < 4.78 is 28.6. The van der Waals surface area contributed by atoms with E-state index in [0.29, 0.717) is 10.0 Å². The fraction of sp³-hybridized carbons (Fsp3) is 0.111. The van der Waals surface area contributed by atoms with Crippen LogP contribution in [0.5, 0.6) is 0 Å². The van der Waals surface area contributed by atoms with Crippen LogP contribution in [0.25, 0.3) is 22.4 Å². The van der Waals surface area contributed by atoms with Gasteiger partial charge in [-0.15, -0.1) is 0 Å². The van der Waals surface area contributed by atoms with Crippen molar-refractivity contribution in [3.63, 3.8) is 0 Å². The highest BCUT2D eigenvalue weighted by atomic mass is 79.9. The molecule has 0 atom stereocenters. The van der Waals surface area contributed by atoms with E-state index in [1.807, 2.05) is 42.5 Å². The van der Waals surface area contributed by atoms with Gasteiger partial charge in [-0.1, -0.05) is 58.4 Å². The Hall–Kier alpha value is -2.54. The van der Waals surface area contributed by atoms with Crippen molar-refractivity contribution in [3.8, 4) is 22.4 Å². The maximum atomic E-state index is 13.3. The lowest BCUT2D eigenvalue weighted by Gasteiger charge is -2.14. The number of hydrogen-bond donors (Lipinski definition) is 1. The predicted octanol–water partition coefficient (Wildman–Crippen LogP) is 4.55. The number of carbonyl (C=O) groups is 1. The van der Waals surface area contributed by atoms with Crippen LogP contribution in [0.15, 0.2) is 53.0 Å². The Kier molecular flexibility index (Phi) is 4.67. The van der Waals surface area contributed by atoms with E-state index in [9.17, 15) is 13.6 Å². The first-order valence-electron chi connectivity index (χ1n) is 7.41. The van der Waals surface area contributed by atoms with Crippen molar-refractivity contribution in [1.29, 1.82) is 0 Å². The molecule has 1 aromatic heterocycles. The van der Waals surface area contributed by atoms with Crippen LogP contribution in [0.1, 0.15) is 22.5 Å². The van der Waals surface area contributed by atoms with Gasteiger partial charge in [-0.05, 0) is 17.2 Å². The first-order valence-corrected chi connectivity index (χ1v) is 8.20. The number of aryl methyl sites for hydroxylation is 1. The fourth-order valence-electron chi connectivity index (χ4n) is 2.85. The molecule has 7 heteroatoms. The molecule has 3 aromatic rings. The Morgan fingerprint density at radius 1 is 1.16 bits per heavy atom. The molecule has 0 radical (unpaired) electrons. The Balaban J connectivity index is 2.37. The van der Waals surface area contributed by atoms with Crippen LogP contribution in [-0.2, 0) is 7.05 Å². The SMILES string of the molecule is Cn1nc(C(F)F)c(C(N)=O)c1-c1c(Br)cccc1-c1ccccc1. The average molecular weight is 406 g/mol. The second-order valence-corrected chi connectivity index (χ2v) is 6.28. The summed E-state index contributed by atoms with van der Waals surface area (Å²) in [6.07, 6.45) is -2.90. The number of alkyl halides is 2. The van der Waals surface area contributed by atoms with Gasteiger partial charge in [-0.2, -0.15) is 5.10 Å². The van der Waals surface area contributed by atoms with Gasteiger partial charge in [0.25, 0.3) is 12.3 Å². The molecule has 0 fully saturated rings. The highest BCUT2D eigenvalue weighted by molar-refractivity contribution is 9.10. The van der Waals surface area contributed by atoms with Crippen molar-refractivity contribution in [2.24, 2.45) is 12.8 Å². The minimum atomic E-state index is -2.90. The number of benzene rings is 2. The number of rotatable bonds is 4. The maximum absolute atomic E-state index is 13.3. The standard InChI is InChI=1S/C18H14BrF2N3O/c1-24-16(14(18(22)25)15(23-24)17(20)21)13-11(8-5-9-12(13)19)10-6-3-2-4-7-10/h2-9,17H,1H3,(H2,22,25). The minimum Gasteiger partial charge on any atom is -0.365 e. The third kappa shape index (κ3) is 3.07. The number of aromatic nitrogens is 2. The van der Waals surface area contributed by atoms with E-state index in [0.717, 1.165) is 11.1 Å². The van der Waals surface area contributed by atoms with Gasteiger partial charge in [0.15, 0.2) is 0 Å². The van der Waals surface area contributed by atoms with Gasteiger partial charge in [0.2, 0.25) is 0 Å². The smallest absolute Gasteiger partial charge is 0.282 e. The molecule has 1 amide bonds. The van der Waals surface area contributed by atoms with E-state index in [1.165, 1.54) is 11.7 Å². The summed E-state index contributed by atoms with van der Waals surface area (Å²) in [5, 5.41) is 3.83. The second kappa shape index (κ2) is 6.76. The van der Waals surface area contributed by atoms with Crippen LogP contribution in [0, 0.1) is 0 Å². The van der Waals surface area contributed by atoms with Crippen LogP contribution >= 0.6 is 15.9 Å². The van der Waals surface area contributed by atoms with Crippen molar-refractivity contribution in [1.82, 2.24) is 9.78 Å².